The van der Waals surface area contributed by atoms with Gasteiger partial charge in [-0.05, 0) is 35.7 Å². The number of morpholine rings is 1. The van der Waals surface area contributed by atoms with Crippen molar-refractivity contribution in [3.05, 3.63) is 53.2 Å². The lowest BCUT2D eigenvalue weighted by Crippen LogP contribution is -2.48. The van der Waals surface area contributed by atoms with E-state index in [-0.39, 0.29) is 30.1 Å². The molecule has 0 saturated carbocycles. The fraction of sp³-hybridized carbons (Fsp3) is 0.429. The van der Waals surface area contributed by atoms with E-state index in [1.807, 2.05) is 35.5 Å². The summed E-state index contributed by atoms with van der Waals surface area (Å²) in [5.74, 6) is 0.972. The van der Waals surface area contributed by atoms with Crippen LogP contribution in [0, 0.1) is 0 Å². The Hall–Kier alpha value is -1.65. The first-order valence-electron chi connectivity index (χ1n) is 9.83. The Balaban J connectivity index is 0.00000240. The Morgan fingerprint density at radius 3 is 3.03 bits per heavy atom. The van der Waals surface area contributed by atoms with E-state index in [4.69, 9.17) is 9.73 Å². The van der Waals surface area contributed by atoms with Crippen LogP contribution in [0.4, 0.5) is 0 Å². The van der Waals surface area contributed by atoms with Crippen LogP contribution < -0.4 is 5.32 Å². The summed E-state index contributed by atoms with van der Waals surface area (Å²) >= 11 is 1.81. The van der Waals surface area contributed by atoms with Crippen molar-refractivity contribution in [3.63, 3.8) is 0 Å². The molecule has 0 radical (unpaired) electrons. The fourth-order valence-corrected chi connectivity index (χ4v) is 4.58. The van der Waals surface area contributed by atoms with Gasteiger partial charge in [0.25, 0.3) is 0 Å². The van der Waals surface area contributed by atoms with E-state index in [0.717, 1.165) is 44.1 Å². The van der Waals surface area contributed by atoms with Crippen molar-refractivity contribution in [2.45, 2.75) is 19.4 Å². The summed E-state index contributed by atoms with van der Waals surface area (Å²) in [6, 6.07) is 8.60. The van der Waals surface area contributed by atoms with Gasteiger partial charge in [-0.25, -0.2) is 0 Å². The third-order valence-electron chi connectivity index (χ3n) is 5.00. The van der Waals surface area contributed by atoms with Gasteiger partial charge in [0.05, 0.1) is 19.3 Å². The number of thiophene rings is 1. The Labute approximate surface area is 193 Å². The largest absolute Gasteiger partial charge is 0.370 e. The van der Waals surface area contributed by atoms with Gasteiger partial charge in [-0.3, -0.25) is 9.67 Å². The van der Waals surface area contributed by atoms with Crippen LogP contribution in [-0.2, 0) is 18.2 Å². The molecule has 1 N–H and O–H groups in total. The number of nitrogens with zero attached hydrogens (tertiary/aromatic N) is 4. The first kappa shape index (κ1) is 22.0. The van der Waals surface area contributed by atoms with Gasteiger partial charge in [-0.2, -0.15) is 5.10 Å². The summed E-state index contributed by atoms with van der Waals surface area (Å²) in [7, 11) is 1.93. The molecule has 0 amide bonds. The van der Waals surface area contributed by atoms with E-state index in [1.165, 1.54) is 15.6 Å². The quantitative estimate of drug-likeness (QED) is 0.313. The lowest BCUT2D eigenvalue weighted by molar-refractivity contribution is -0.00803. The summed E-state index contributed by atoms with van der Waals surface area (Å²) in [6.45, 7) is 6.08. The van der Waals surface area contributed by atoms with Crippen LogP contribution in [0.3, 0.4) is 0 Å². The molecule has 0 bridgehead atoms. The second-order valence-electron chi connectivity index (χ2n) is 7.00. The first-order chi connectivity index (χ1) is 13.7. The molecule has 8 heteroatoms. The van der Waals surface area contributed by atoms with Crippen molar-refractivity contribution in [1.29, 1.82) is 0 Å². The van der Waals surface area contributed by atoms with Crippen LogP contribution >= 0.6 is 35.3 Å². The zero-order chi connectivity index (χ0) is 19.3. The molecule has 29 heavy (non-hydrogen) atoms. The zero-order valence-corrected chi connectivity index (χ0v) is 20.0. The number of benzene rings is 1. The highest BCUT2D eigenvalue weighted by atomic mass is 127. The van der Waals surface area contributed by atoms with E-state index in [2.05, 4.69) is 51.9 Å². The third kappa shape index (κ3) is 5.29. The Morgan fingerprint density at radius 2 is 2.24 bits per heavy atom. The van der Waals surface area contributed by atoms with Gasteiger partial charge in [0.2, 0.25) is 0 Å². The normalized spacial score (nSPS) is 17.4. The van der Waals surface area contributed by atoms with Crippen LogP contribution in [0.2, 0.25) is 0 Å². The third-order valence-corrected chi connectivity index (χ3v) is 6.01. The van der Waals surface area contributed by atoms with E-state index < -0.39 is 0 Å². The van der Waals surface area contributed by atoms with E-state index >= 15 is 0 Å². The van der Waals surface area contributed by atoms with Gasteiger partial charge in [-0.1, -0.05) is 18.2 Å². The number of aromatic nitrogens is 2. The molecule has 1 unspecified atom stereocenters. The summed E-state index contributed by atoms with van der Waals surface area (Å²) in [5.41, 5.74) is 2.50. The SMILES string of the molecule is CCNC(=NCCc1csc2ccccc12)N1CCOC(c2cnn(C)c2)C1.I. The molecule has 1 fully saturated rings. The molecule has 4 rings (SSSR count). The van der Waals surface area contributed by atoms with Crippen molar-refractivity contribution in [2.75, 3.05) is 32.8 Å². The standard InChI is InChI=1S/C21H27N5OS.HI/c1-3-22-21(23-9-8-16-15-28-20-7-5-4-6-18(16)20)26-10-11-27-19(14-26)17-12-24-25(2)13-17;/h4-7,12-13,15,19H,3,8-11,14H2,1-2H3,(H,22,23);1H. The average Bonchev–Trinajstić information content (AvgIpc) is 3.34. The zero-order valence-electron chi connectivity index (χ0n) is 16.9. The number of hydrogen-bond acceptors (Lipinski definition) is 4. The summed E-state index contributed by atoms with van der Waals surface area (Å²) in [6.07, 6.45) is 4.90. The predicted molar refractivity (Wildman–Crippen MR) is 130 cm³/mol. The van der Waals surface area contributed by atoms with Crippen LogP contribution in [0.15, 0.2) is 47.0 Å². The topological polar surface area (TPSA) is 54.7 Å². The van der Waals surface area contributed by atoms with E-state index in [1.54, 1.807) is 0 Å². The number of fused-ring (bicyclic) bond motifs is 1. The lowest BCUT2D eigenvalue weighted by Gasteiger charge is -2.34. The van der Waals surface area contributed by atoms with Crippen molar-refractivity contribution >= 4 is 51.4 Å². The number of aliphatic imine (C=N–C) groups is 1. The maximum absolute atomic E-state index is 5.97. The monoisotopic (exact) mass is 525 g/mol. The van der Waals surface area contributed by atoms with Crippen LogP contribution in [0.1, 0.15) is 24.2 Å². The number of guanidine groups is 1. The van der Waals surface area contributed by atoms with Crippen molar-refractivity contribution in [2.24, 2.45) is 12.0 Å². The molecule has 1 saturated heterocycles. The van der Waals surface area contributed by atoms with Crippen molar-refractivity contribution in [3.8, 4) is 0 Å². The maximum Gasteiger partial charge on any atom is 0.194 e. The van der Waals surface area contributed by atoms with Gasteiger partial charge in [0.15, 0.2) is 5.96 Å². The van der Waals surface area contributed by atoms with Crippen LogP contribution in [-0.4, -0.2) is 53.4 Å². The smallest absolute Gasteiger partial charge is 0.194 e. The molecule has 1 aliphatic rings. The Kier molecular flexibility index (Phi) is 7.91. The number of nitrogens with one attached hydrogen (secondary N) is 1. The van der Waals surface area contributed by atoms with E-state index in [0.29, 0.717) is 6.61 Å². The van der Waals surface area contributed by atoms with E-state index in [9.17, 15) is 0 Å². The average molecular weight is 525 g/mol. The fourth-order valence-electron chi connectivity index (χ4n) is 3.58. The Bertz CT molecular complexity index is 953. The van der Waals surface area contributed by atoms with Gasteiger partial charge < -0.3 is 15.0 Å². The molecule has 156 valence electrons. The lowest BCUT2D eigenvalue weighted by atomic mass is 10.1. The highest BCUT2D eigenvalue weighted by Gasteiger charge is 2.25. The summed E-state index contributed by atoms with van der Waals surface area (Å²) in [5, 5.41) is 11.3. The number of rotatable bonds is 5. The predicted octanol–water partition coefficient (Wildman–Crippen LogP) is 3.83. The minimum atomic E-state index is 0. The van der Waals surface area contributed by atoms with Gasteiger partial charge in [-0.15, -0.1) is 35.3 Å². The molecular weight excluding hydrogens is 497 g/mol. The molecule has 1 aromatic carbocycles. The number of aryl methyl sites for hydroxylation is 1. The first-order valence-corrected chi connectivity index (χ1v) is 10.7. The van der Waals surface area contributed by atoms with Crippen molar-refractivity contribution < 1.29 is 4.74 Å². The summed E-state index contributed by atoms with van der Waals surface area (Å²) in [4.78, 5) is 7.21. The molecule has 3 heterocycles. The molecule has 0 aliphatic carbocycles. The van der Waals surface area contributed by atoms with Crippen LogP contribution in [0.25, 0.3) is 10.1 Å². The molecule has 2 aromatic heterocycles. The second-order valence-corrected chi connectivity index (χ2v) is 7.91. The Morgan fingerprint density at radius 1 is 1.38 bits per heavy atom. The number of halogens is 1. The minimum absolute atomic E-state index is 0. The number of ether oxygens (including phenoxy) is 1. The van der Waals surface area contributed by atoms with Crippen LogP contribution in [0.5, 0.6) is 0 Å². The maximum atomic E-state index is 5.97. The number of hydrogen-bond donors (Lipinski definition) is 1. The summed E-state index contributed by atoms with van der Waals surface area (Å²) < 4.78 is 9.14. The molecule has 6 nitrogen and oxygen atoms in total. The highest BCUT2D eigenvalue weighted by Crippen LogP contribution is 2.26. The second kappa shape index (κ2) is 10.4. The molecule has 1 aliphatic heterocycles. The van der Waals surface area contributed by atoms with Gasteiger partial charge in [0.1, 0.15) is 6.10 Å². The van der Waals surface area contributed by atoms with Crippen molar-refractivity contribution in [1.82, 2.24) is 20.0 Å². The van der Waals surface area contributed by atoms with Gasteiger partial charge >= 0.3 is 0 Å². The molecular formula is C21H28IN5OS. The molecule has 1 atom stereocenters. The molecule has 0 spiro atoms. The van der Waals surface area contributed by atoms with Gasteiger partial charge in [0, 0.05) is 43.1 Å². The molecule has 3 aromatic rings. The highest BCUT2D eigenvalue weighted by molar-refractivity contribution is 14.0. The minimum Gasteiger partial charge on any atom is -0.370 e.